The smallest absolute Gasteiger partial charge is 0.162 e. The maximum absolute atomic E-state index is 11.3. The summed E-state index contributed by atoms with van der Waals surface area (Å²) in [4.78, 5) is 37.4. The Bertz CT molecular complexity index is 417. The Morgan fingerprint density at radius 2 is 1.67 bits per heavy atom. The number of nitrogens with zero attached hydrogens (tertiary/aromatic N) is 1. The van der Waals surface area contributed by atoms with Crippen LogP contribution < -0.4 is 0 Å². The van der Waals surface area contributed by atoms with Crippen molar-refractivity contribution in [2.45, 2.75) is 20.8 Å². The first-order chi connectivity index (χ1) is 6.95. The third-order valence-corrected chi connectivity index (χ3v) is 1.97. The van der Waals surface area contributed by atoms with E-state index in [1.807, 2.05) is 0 Å². The van der Waals surface area contributed by atoms with Gasteiger partial charge >= 0.3 is 0 Å². The molecule has 4 heteroatoms. The van der Waals surface area contributed by atoms with Gasteiger partial charge in [0.2, 0.25) is 0 Å². The highest BCUT2D eigenvalue weighted by atomic mass is 16.1. The van der Waals surface area contributed by atoms with Crippen molar-refractivity contribution in [1.29, 1.82) is 0 Å². The normalized spacial score (nSPS) is 9.80. The van der Waals surface area contributed by atoms with Crippen LogP contribution in [-0.2, 0) is 0 Å². The number of ketones is 3. The van der Waals surface area contributed by atoms with Crippen molar-refractivity contribution in [3.63, 3.8) is 0 Å². The van der Waals surface area contributed by atoms with Crippen molar-refractivity contribution in [2.75, 3.05) is 0 Å². The Morgan fingerprint density at radius 1 is 1.07 bits per heavy atom. The topological polar surface area (TPSA) is 64.1 Å². The lowest BCUT2D eigenvalue weighted by atomic mass is 9.97. The summed E-state index contributed by atoms with van der Waals surface area (Å²) in [5, 5.41) is 0. The molecule has 0 N–H and O–H groups in total. The number of Topliss-reactive ketones (excluding diaryl/α,β-unsaturated/α-hetero) is 3. The first-order valence-corrected chi connectivity index (χ1v) is 4.38. The van der Waals surface area contributed by atoms with Gasteiger partial charge in [-0.2, -0.15) is 0 Å². The summed E-state index contributed by atoms with van der Waals surface area (Å²) in [6, 6.07) is 0. The van der Waals surface area contributed by atoms with Crippen LogP contribution in [0.1, 0.15) is 51.8 Å². The molecule has 0 spiro atoms. The lowest BCUT2D eigenvalue weighted by Gasteiger charge is -2.06. The summed E-state index contributed by atoms with van der Waals surface area (Å²) < 4.78 is 0. The Balaban J connectivity index is 3.56. The molecule has 1 heterocycles. The fraction of sp³-hybridized carbons (Fsp3) is 0.273. The van der Waals surface area contributed by atoms with E-state index in [0.29, 0.717) is 0 Å². The summed E-state index contributed by atoms with van der Waals surface area (Å²) in [6.07, 6.45) is 3.70. The zero-order valence-electron chi connectivity index (χ0n) is 8.75. The first-order valence-electron chi connectivity index (χ1n) is 4.38. The predicted molar refractivity (Wildman–Crippen MR) is 53.1 cm³/mol. The summed E-state index contributed by atoms with van der Waals surface area (Å²) in [5.41, 5.74) is 0.367. The maximum Gasteiger partial charge on any atom is 0.162 e. The molecule has 1 aromatic heterocycles. The monoisotopic (exact) mass is 204 g/mol. The second-order valence-corrected chi connectivity index (χ2v) is 3.20. The van der Waals surface area contributed by atoms with E-state index in [-0.39, 0.29) is 34.0 Å². The molecule has 0 aliphatic heterocycles. The molecule has 0 aliphatic carbocycles. The van der Waals surface area contributed by atoms with Gasteiger partial charge in [0.15, 0.2) is 17.3 Å². The van der Waals surface area contributed by atoms with Crippen molar-refractivity contribution >= 4 is 17.3 Å². The van der Waals surface area contributed by atoms with Gasteiger partial charge in [0, 0.05) is 17.3 Å². The third-order valence-electron chi connectivity index (χ3n) is 1.97. The minimum Gasteiger partial charge on any atom is -0.294 e. The lowest BCUT2D eigenvalue weighted by Crippen LogP contribution is -2.12. The van der Waals surface area contributed by atoms with Crippen LogP contribution >= 0.6 is 0 Å². The molecule has 0 atom stereocenters. The fourth-order valence-corrected chi connectivity index (χ4v) is 1.30. The molecule has 1 aromatic rings. The van der Waals surface area contributed by atoms with Gasteiger partial charge in [-0.1, -0.05) is 0 Å². The van der Waals surface area contributed by atoms with Gasteiger partial charge < -0.3 is 0 Å². The van der Waals surface area contributed by atoms with Crippen LogP contribution in [0.25, 0.3) is 0 Å². The number of carbonyl (C=O) groups excluding carboxylic acids is 3. The van der Waals surface area contributed by atoms with E-state index in [4.69, 9.17) is 0 Å². The number of hydrogen-bond donors (Lipinski definition) is 0. The van der Waals surface area contributed by atoms with E-state index in [1.165, 1.54) is 27.0 Å². The van der Waals surface area contributed by atoms with Crippen LogP contribution in [0.15, 0.2) is 6.20 Å². The Morgan fingerprint density at radius 3 is 2.07 bits per heavy atom. The van der Waals surface area contributed by atoms with Gasteiger partial charge in [0.25, 0.3) is 0 Å². The Hall–Kier alpha value is -1.84. The standard InChI is InChI=1S/C11H10NO3/c1-6(13)9-4-12-5-10(7(2)14)11(9)8(3)15/h4H,1-3H3. The van der Waals surface area contributed by atoms with E-state index in [0.717, 1.165) is 0 Å². The van der Waals surface area contributed by atoms with Gasteiger partial charge in [-0.15, -0.1) is 0 Å². The molecule has 77 valence electrons. The quantitative estimate of drug-likeness (QED) is 0.699. The molecule has 0 saturated carbocycles. The van der Waals surface area contributed by atoms with E-state index in [2.05, 4.69) is 11.2 Å². The maximum atomic E-state index is 11.3. The van der Waals surface area contributed by atoms with E-state index in [1.54, 1.807) is 0 Å². The molecule has 0 saturated heterocycles. The number of carbonyl (C=O) groups is 3. The molecule has 1 radical (unpaired) electrons. The van der Waals surface area contributed by atoms with Crippen LogP contribution in [0, 0.1) is 6.20 Å². The Kier molecular flexibility index (Phi) is 3.09. The summed E-state index contributed by atoms with van der Waals surface area (Å²) in [7, 11) is 0. The van der Waals surface area contributed by atoms with Crippen molar-refractivity contribution in [3.05, 3.63) is 29.1 Å². The van der Waals surface area contributed by atoms with Crippen molar-refractivity contribution in [3.8, 4) is 0 Å². The van der Waals surface area contributed by atoms with Crippen LogP contribution in [-0.4, -0.2) is 22.3 Å². The van der Waals surface area contributed by atoms with Crippen molar-refractivity contribution in [1.82, 2.24) is 4.98 Å². The highest BCUT2D eigenvalue weighted by molar-refractivity contribution is 6.13. The van der Waals surface area contributed by atoms with Crippen molar-refractivity contribution in [2.24, 2.45) is 0 Å². The molecule has 0 aromatic carbocycles. The largest absolute Gasteiger partial charge is 0.294 e. The van der Waals surface area contributed by atoms with Gasteiger partial charge in [-0.3, -0.25) is 19.4 Å². The van der Waals surface area contributed by atoms with E-state index >= 15 is 0 Å². The lowest BCUT2D eigenvalue weighted by molar-refractivity contribution is 0.0967. The minimum atomic E-state index is -0.330. The zero-order valence-corrected chi connectivity index (χ0v) is 8.75. The molecule has 15 heavy (non-hydrogen) atoms. The number of rotatable bonds is 3. The average molecular weight is 204 g/mol. The first kappa shape index (κ1) is 11.2. The van der Waals surface area contributed by atoms with Crippen LogP contribution in [0.5, 0.6) is 0 Å². The van der Waals surface area contributed by atoms with Crippen LogP contribution in [0.3, 0.4) is 0 Å². The van der Waals surface area contributed by atoms with Crippen LogP contribution in [0.2, 0.25) is 0 Å². The molecule has 0 unspecified atom stereocenters. The zero-order chi connectivity index (χ0) is 11.6. The highest BCUT2D eigenvalue weighted by Gasteiger charge is 2.18. The summed E-state index contributed by atoms with van der Waals surface area (Å²) in [6.45, 7) is 3.94. The predicted octanol–water partition coefficient (Wildman–Crippen LogP) is 1.49. The van der Waals surface area contributed by atoms with Gasteiger partial charge in [-0.25, -0.2) is 0 Å². The number of pyridine rings is 1. The van der Waals surface area contributed by atoms with Gasteiger partial charge in [0.1, 0.15) is 6.20 Å². The number of aromatic nitrogens is 1. The molecule has 4 nitrogen and oxygen atoms in total. The second-order valence-electron chi connectivity index (χ2n) is 3.20. The second kappa shape index (κ2) is 4.13. The average Bonchev–Trinajstić information content (AvgIpc) is 2.16. The van der Waals surface area contributed by atoms with Crippen LogP contribution in [0.4, 0.5) is 0 Å². The molecular weight excluding hydrogens is 194 g/mol. The van der Waals surface area contributed by atoms with Crippen molar-refractivity contribution < 1.29 is 14.4 Å². The van der Waals surface area contributed by atoms with E-state index in [9.17, 15) is 14.4 Å². The summed E-state index contributed by atoms with van der Waals surface area (Å²) >= 11 is 0. The van der Waals surface area contributed by atoms with Gasteiger partial charge in [-0.05, 0) is 20.8 Å². The molecular formula is C11H10NO3. The fourth-order valence-electron chi connectivity index (χ4n) is 1.30. The van der Waals surface area contributed by atoms with Gasteiger partial charge in [0.05, 0.1) is 5.56 Å². The molecule has 0 fully saturated rings. The number of hydrogen-bond acceptors (Lipinski definition) is 4. The highest BCUT2D eigenvalue weighted by Crippen LogP contribution is 2.15. The minimum absolute atomic E-state index is 0.0789. The summed E-state index contributed by atoms with van der Waals surface area (Å²) in [5.74, 6) is -0.941. The molecule has 0 amide bonds. The third kappa shape index (κ3) is 2.15. The molecule has 1 rings (SSSR count). The molecule has 0 aliphatic rings. The Labute approximate surface area is 87.3 Å². The molecule has 0 bridgehead atoms. The van der Waals surface area contributed by atoms with E-state index < -0.39 is 0 Å². The SMILES string of the molecule is CC(=O)c1[c]ncc(C(C)=O)c1C(C)=O.